The molecule has 1 aromatic heterocycles. The lowest BCUT2D eigenvalue weighted by Crippen LogP contribution is -2.50. The van der Waals surface area contributed by atoms with Crippen molar-refractivity contribution < 1.29 is 14.3 Å². The molecule has 0 aliphatic carbocycles. The minimum Gasteiger partial charge on any atom is -0.497 e. The highest BCUT2D eigenvalue weighted by molar-refractivity contribution is 7.11. The van der Waals surface area contributed by atoms with Crippen LogP contribution >= 0.6 is 11.3 Å². The zero-order chi connectivity index (χ0) is 20.1. The van der Waals surface area contributed by atoms with Gasteiger partial charge in [-0.2, -0.15) is 0 Å². The van der Waals surface area contributed by atoms with Crippen molar-refractivity contribution in [3.05, 3.63) is 41.4 Å². The first kappa shape index (κ1) is 20.2. The molecule has 2 aromatic rings. The molecule has 0 bridgehead atoms. The topological polar surface area (TPSA) is 54.9 Å². The monoisotopic (exact) mass is 415 g/mol. The number of likely N-dealkylation sites (tertiary alicyclic amines) is 2. The highest BCUT2D eigenvalue weighted by Gasteiger charge is 2.30. The standard InChI is InChI=1S/C22H29N3O3S/c1-27-19-4-2-17(3-5-19)16-21(26)25-11-6-18(7-12-25)24-13-8-20(9-14-24)28-22-23-10-15-29-22/h2-5,10,15,18,20H,6-9,11-14,16H2,1H3. The Morgan fingerprint density at radius 3 is 2.45 bits per heavy atom. The van der Waals surface area contributed by atoms with Crippen LogP contribution in [0.2, 0.25) is 0 Å². The summed E-state index contributed by atoms with van der Waals surface area (Å²) in [5.41, 5.74) is 1.04. The van der Waals surface area contributed by atoms with E-state index in [1.165, 1.54) is 0 Å². The largest absolute Gasteiger partial charge is 0.497 e. The molecular weight excluding hydrogens is 386 g/mol. The number of thiazole rings is 1. The van der Waals surface area contributed by atoms with Crippen LogP contribution in [0.15, 0.2) is 35.8 Å². The van der Waals surface area contributed by atoms with Crippen LogP contribution in [0.4, 0.5) is 0 Å². The maximum Gasteiger partial charge on any atom is 0.273 e. The molecule has 0 unspecified atom stereocenters. The minimum atomic E-state index is 0.226. The molecule has 7 heteroatoms. The summed E-state index contributed by atoms with van der Waals surface area (Å²) in [5.74, 6) is 1.05. The molecule has 29 heavy (non-hydrogen) atoms. The molecular formula is C22H29N3O3S. The lowest BCUT2D eigenvalue weighted by molar-refractivity contribution is -0.132. The van der Waals surface area contributed by atoms with Gasteiger partial charge in [-0.15, -0.1) is 0 Å². The summed E-state index contributed by atoms with van der Waals surface area (Å²) in [7, 11) is 1.65. The molecule has 6 nitrogen and oxygen atoms in total. The lowest BCUT2D eigenvalue weighted by Gasteiger charge is -2.41. The first-order valence-electron chi connectivity index (χ1n) is 10.4. The number of amides is 1. The highest BCUT2D eigenvalue weighted by Crippen LogP contribution is 2.25. The van der Waals surface area contributed by atoms with Crippen LogP contribution in [0.5, 0.6) is 10.9 Å². The number of hydrogen-bond acceptors (Lipinski definition) is 6. The molecule has 1 aromatic carbocycles. The molecule has 0 N–H and O–H groups in total. The van der Waals surface area contributed by atoms with Gasteiger partial charge in [0.2, 0.25) is 5.91 Å². The van der Waals surface area contributed by atoms with Gasteiger partial charge < -0.3 is 14.4 Å². The van der Waals surface area contributed by atoms with E-state index in [4.69, 9.17) is 9.47 Å². The Morgan fingerprint density at radius 1 is 1.10 bits per heavy atom. The molecule has 156 valence electrons. The van der Waals surface area contributed by atoms with Crippen LogP contribution in [0.25, 0.3) is 0 Å². The Balaban J connectivity index is 1.19. The molecule has 0 radical (unpaired) electrons. The van der Waals surface area contributed by atoms with Crippen LogP contribution in [-0.2, 0) is 11.2 Å². The lowest BCUT2D eigenvalue weighted by atomic mass is 9.98. The quantitative estimate of drug-likeness (QED) is 0.725. The Morgan fingerprint density at radius 2 is 1.83 bits per heavy atom. The van der Waals surface area contributed by atoms with Gasteiger partial charge in [0.15, 0.2) is 0 Å². The smallest absolute Gasteiger partial charge is 0.273 e. The van der Waals surface area contributed by atoms with E-state index in [-0.39, 0.29) is 12.0 Å². The summed E-state index contributed by atoms with van der Waals surface area (Å²) in [6.07, 6.45) is 6.77. The van der Waals surface area contributed by atoms with E-state index < -0.39 is 0 Å². The maximum atomic E-state index is 12.7. The van der Waals surface area contributed by atoms with Gasteiger partial charge in [0.25, 0.3) is 5.19 Å². The second kappa shape index (κ2) is 9.59. The molecule has 3 heterocycles. The summed E-state index contributed by atoms with van der Waals surface area (Å²) in [6.45, 7) is 3.85. The maximum absolute atomic E-state index is 12.7. The van der Waals surface area contributed by atoms with Gasteiger partial charge in [0, 0.05) is 43.8 Å². The third-order valence-electron chi connectivity index (χ3n) is 6.00. The van der Waals surface area contributed by atoms with Crippen molar-refractivity contribution in [3.8, 4) is 10.9 Å². The number of carbonyl (C=O) groups is 1. The summed E-state index contributed by atoms with van der Waals surface area (Å²) < 4.78 is 11.2. The van der Waals surface area contributed by atoms with Gasteiger partial charge in [-0.1, -0.05) is 23.5 Å². The number of piperidine rings is 2. The zero-order valence-electron chi connectivity index (χ0n) is 17.0. The minimum absolute atomic E-state index is 0.226. The van der Waals surface area contributed by atoms with E-state index in [1.807, 2.05) is 34.5 Å². The summed E-state index contributed by atoms with van der Waals surface area (Å²) >= 11 is 1.56. The number of rotatable bonds is 6. The van der Waals surface area contributed by atoms with Crippen LogP contribution in [0.3, 0.4) is 0 Å². The Bertz CT molecular complexity index is 765. The van der Waals surface area contributed by atoms with Crippen molar-refractivity contribution in [1.82, 2.24) is 14.8 Å². The highest BCUT2D eigenvalue weighted by atomic mass is 32.1. The number of aromatic nitrogens is 1. The SMILES string of the molecule is COc1ccc(CC(=O)N2CCC(N3CCC(Oc4nccs4)CC3)CC2)cc1. The molecule has 2 saturated heterocycles. The van der Waals surface area contributed by atoms with E-state index in [9.17, 15) is 4.79 Å². The van der Waals surface area contributed by atoms with Crippen molar-refractivity contribution in [2.24, 2.45) is 0 Å². The third-order valence-corrected chi connectivity index (χ3v) is 6.66. The molecule has 0 saturated carbocycles. The van der Waals surface area contributed by atoms with Crippen molar-refractivity contribution in [2.75, 3.05) is 33.3 Å². The van der Waals surface area contributed by atoms with Crippen LogP contribution in [0.1, 0.15) is 31.2 Å². The number of hydrogen-bond donors (Lipinski definition) is 0. The van der Waals surface area contributed by atoms with E-state index >= 15 is 0 Å². The Kier molecular flexibility index (Phi) is 6.67. The average Bonchev–Trinajstić information content (AvgIpc) is 3.28. The van der Waals surface area contributed by atoms with Crippen LogP contribution < -0.4 is 9.47 Å². The molecule has 4 rings (SSSR count). The van der Waals surface area contributed by atoms with Crippen molar-refractivity contribution >= 4 is 17.2 Å². The fourth-order valence-corrected chi connectivity index (χ4v) is 4.83. The van der Waals surface area contributed by atoms with Crippen LogP contribution in [0, 0.1) is 0 Å². The molecule has 2 aliphatic rings. The van der Waals surface area contributed by atoms with Gasteiger partial charge in [-0.25, -0.2) is 4.98 Å². The van der Waals surface area contributed by atoms with E-state index in [1.54, 1.807) is 24.6 Å². The first-order valence-corrected chi connectivity index (χ1v) is 11.3. The molecule has 2 aliphatic heterocycles. The van der Waals surface area contributed by atoms with Crippen molar-refractivity contribution in [3.63, 3.8) is 0 Å². The summed E-state index contributed by atoms with van der Waals surface area (Å²) in [6, 6.07) is 8.36. The molecule has 1 amide bonds. The normalized spacial score (nSPS) is 19.3. The second-order valence-electron chi connectivity index (χ2n) is 7.79. The second-order valence-corrected chi connectivity index (χ2v) is 8.65. The fraction of sp³-hybridized carbons (Fsp3) is 0.545. The van der Waals surface area contributed by atoms with E-state index in [0.29, 0.717) is 12.5 Å². The summed E-state index contributed by atoms with van der Waals surface area (Å²) in [4.78, 5) is 21.5. The van der Waals surface area contributed by atoms with E-state index in [2.05, 4.69) is 9.88 Å². The zero-order valence-corrected chi connectivity index (χ0v) is 17.8. The van der Waals surface area contributed by atoms with Gasteiger partial charge in [-0.3, -0.25) is 9.69 Å². The van der Waals surface area contributed by atoms with Gasteiger partial charge in [0.1, 0.15) is 11.9 Å². The molecule has 2 fully saturated rings. The van der Waals surface area contributed by atoms with Gasteiger partial charge in [-0.05, 0) is 43.4 Å². The number of ether oxygens (including phenoxy) is 2. The number of benzene rings is 1. The average molecular weight is 416 g/mol. The number of methoxy groups -OCH3 is 1. The first-order chi connectivity index (χ1) is 14.2. The number of carbonyl (C=O) groups excluding carboxylic acids is 1. The summed E-state index contributed by atoms with van der Waals surface area (Å²) in [5, 5.41) is 2.74. The van der Waals surface area contributed by atoms with Gasteiger partial charge in [0.05, 0.1) is 13.5 Å². The predicted molar refractivity (Wildman–Crippen MR) is 114 cm³/mol. The molecule has 0 spiro atoms. The van der Waals surface area contributed by atoms with Crippen molar-refractivity contribution in [1.29, 1.82) is 0 Å². The van der Waals surface area contributed by atoms with E-state index in [0.717, 1.165) is 68.4 Å². The Labute approximate surface area is 176 Å². The number of nitrogens with zero attached hydrogens (tertiary/aromatic N) is 3. The predicted octanol–water partition coefficient (Wildman–Crippen LogP) is 3.23. The van der Waals surface area contributed by atoms with Crippen LogP contribution in [-0.4, -0.2) is 66.1 Å². The molecule has 0 atom stereocenters. The Hall–Kier alpha value is -2.12. The van der Waals surface area contributed by atoms with Crippen molar-refractivity contribution in [2.45, 2.75) is 44.2 Å². The fourth-order valence-electron chi connectivity index (χ4n) is 4.28. The van der Waals surface area contributed by atoms with Gasteiger partial charge >= 0.3 is 0 Å². The third kappa shape index (κ3) is 5.28.